The molecule has 0 spiro atoms. The van der Waals surface area contributed by atoms with Gasteiger partial charge in [0.15, 0.2) is 0 Å². The van der Waals surface area contributed by atoms with Gasteiger partial charge in [-0.25, -0.2) is 0 Å². The highest BCUT2D eigenvalue weighted by Gasteiger charge is 2.26. The fourth-order valence-corrected chi connectivity index (χ4v) is 4.36. The minimum Gasteiger partial charge on any atom is -0.497 e. The minimum absolute atomic E-state index is 0.0920. The Morgan fingerprint density at radius 1 is 1.04 bits per heavy atom. The van der Waals surface area contributed by atoms with Crippen molar-refractivity contribution in [2.75, 3.05) is 38.2 Å². The van der Waals surface area contributed by atoms with Gasteiger partial charge in [-0.15, -0.1) is 11.8 Å². The Labute approximate surface area is 166 Å². The highest BCUT2D eigenvalue weighted by Crippen LogP contribution is 2.28. The van der Waals surface area contributed by atoms with E-state index in [2.05, 4.69) is 36.9 Å². The summed E-state index contributed by atoms with van der Waals surface area (Å²) in [6.07, 6.45) is 0. The summed E-state index contributed by atoms with van der Waals surface area (Å²) in [6.45, 7) is 9.64. The molecule has 5 heteroatoms. The molecule has 27 heavy (non-hydrogen) atoms. The molecule has 0 radical (unpaired) electrons. The maximum atomic E-state index is 12.9. The van der Waals surface area contributed by atoms with Crippen LogP contribution in [0.5, 0.6) is 5.75 Å². The van der Waals surface area contributed by atoms with Crippen molar-refractivity contribution >= 4 is 23.4 Å². The summed E-state index contributed by atoms with van der Waals surface area (Å²) in [7, 11) is 1.66. The number of hydrogen-bond acceptors (Lipinski definition) is 4. The number of amides is 1. The third-order valence-electron chi connectivity index (χ3n) is 5.23. The molecule has 0 saturated carbocycles. The number of hydrogen-bond donors (Lipinski definition) is 0. The van der Waals surface area contributed by atoms with Gasteiger partial charge in [0.05, 0.1) is 12.4 Å². The number of aryl methyl sites for hydroxylation is 1. The topological polar surface area (TPSA) is 32.8 Å². The van der Waals surface area contributed by atoms with Crippen LogP contribution < -0.4 is 9.64 Å². The SMILES string of the molecule is COc1ccc(S[C@H](C)C(=O)N2CCN(c3cccc(C)c3C)CC2)cc1. The van der Waals surface area contributed by atoms with Crippen LogP contribution in [0.15, 0.2) is 47.4 Å². The number of rotatable bonds is 5. The largest absolute Gasteiger partial charge is 0.497 e. The van der Waals surface area contributed by atoms with E-state index in [-0.39, 0.29) is 11.2 Å². The molecule has 1 aliphatic heterocycles. The Balaban J connectivity index is 1.56. The number of ether oxygens (including phenoxy) is 1. The first-order chi connectivity index (χ1) is 13.0. The molecule has 1 fully saturated rings. The number of benzene rings is 2. The maximum absolute atomic E-state index is 12.9. The Hall–Kier alpha value is -2.14. The van der Waals surface area contributed by atoms with Gasteiger partial charge in [-0.3, -0.25) is 4.79 Å². The summed E-state index contributed by atoms with van der Waals surface area (Å²) >= 11 is 1.61. The van der Waals surface area contributed by atoms with Crippen LogP contribution in [-0.4, -0.2) is 49.3 Å². The first-order valence-electron chi connectivity index (χ1n) is 9.40. The van der Waals surface area contributed by atoms with Crippen LogP contribution in [0, 0.1) is 13.8 Å². The van der Waals surface area contributed by atoms with Crippen molar-refractivity contribution in [3.63, 3.8) is 0 Å². The highest BCUT2D eigenvalue weighted by molar-refractivity contribution is 8.00. The van der Waals surface area contributed by atoms with Gasteiger partial charge in [0.2, 0.25) is 5.91 Å². The van der Waals surface area contributed by atoms with E-state index in [9.17, 15) is 4.79 Å². The van der Waals surface area contributed by atoms with Crippen LogP contribution in [0.1, 0.15) is 18.1 Å². The summed E-state index contributed by atoms with van der Waals surface area (Å²) in [5.74, 6) is 1.05. The molecule has 0 bridgehead atoms. The summed E-state index contributed by atoms with van der Waals surface area (Å²) < 4.78 is 5.19. The predicted octanol–water partition coefficient (Wildman–Crippen LogP) is 4.14. The normalized spacial score (nSPS) is 15.6. The van der Waals surface area contributed by atoms with Gasteiger partial charge in [0.25, 0.3) is 0 Å². The molecule has 2 aromatic rings. The van der Waals surface area contributed by atoms with Gasteiger partial charge in [-0.05, 0) is 62.2 Å². The standard InChI is InChI=1S/C22H28N2O2S/c1-16-6-5-7-21(17(16)2)23-12-14-24(15-13-23)22(25)18(3)27-20-10-8-19(26-4)9-11-20/h5-11,18H,12-15H2,1-4H3/t18-/m1/s1. The van der Waals surface area contributed by atoms with Crippen molar-refractivity contribution < 1.29 is 9.53 Å². The first-order valence-corrected chi connectivity index (χ1v) is 10.3. The van der Waals surface area contributed by atoms with Crippen molar-refractivity contribution in [1.82, 2.24) is 4.90 Å². The van der Waals surface area contributed by atoms with Crippen molar-refractivity contribution in [3.05, 3.63) is 53.6 Å². The first kappa shape index (κ1) is 19.6. The smallest absolute Gasteiger partial charge is 0.235 e. The molecular formula is C22H28N2O2S. The van der Waals surface area contributed by atoms with E-state index in [1.54, 1.807) is 18.9 Å². The molecule has 144 valence electrons. The van der Waals surface area contributed by atoms with E-state index in [1.165, 1.54) is 16.8 Å². The number of carbonyl (C=O) groups is 1. The Morgan fingerprint density at radius 2 is 1.70 bits per heavy atom. The molecule has 1 aliphatic rings. The number of thioether (sulfide) groups is 1. The van der Waals surface area contributed by atoms with Gasteiger partial charge >= 0.3 is 0 Å². The zero-order chi connectivity index (χ0) is 19.4. The Bertz CT molecular complexity index is 783. The molecule has 0 aliphatic carbocycles. The molecule has 0 unspecified atom stereocenters. The Kier molecular flexibility index (Phi) is 6.32. The minimum atomic E-state index is -0.0920. The van der Waals surface area contributed by atoms with Crippen molar-refractivity contribution in [2.45, 2.75) is 30.9 Å². The number of piperazine rings is 1. The summed E-state index contributed by atoms with van der Waals surface area (Å²) in [5, 5.41) is -0.0920. The number of carbonyl (C=O) groups excluding carboxylic acids is 1. The number of methoxy groups -OCH3 is 1. The molecule has 1 atom stereocenters. The number of anilines is 1. The van der Waals surface area contributed by atoms with Crippen LogP contribution in [-0.2, 0) is 4.79 Å². The average molecular weight is 385 g/mol. The molecule has 4 nitrogen and oxygen atoms in total. The second kappa shape index (κ2) is 8.70. The predicted molar refractivity (Wildman–Crippen MR) is 113 cm³/mol. The van der Waals surface area contributed by atoms with E-state index >= 15 is 0 Å². The molecule has 1 saturated heterocycles. The fourth-order valence-electron chi connectivity index (χ4n) is 3.41. The van der Waals surface area contributed by atoms with E-state index in [1.807, 2.05) is 36.1 Å². The van der Waals surface area contributed by atoms with Gasteiger partial charge in [0.1, 0.15) is 5.75 Å². The van der Waals surface area contributed by atoms with Crippen LogP contribution in [0.4, 0.5) is 5.69 Å². The fraction of sp³-hybridized carbons (Fsp3) is 0.409. The second-order valence-corrected chi connectivity index (χ2v) is 8.38. The van der Waals surface area contributed by atoms with Gasteiger partial charge < -0.3 is 14.5 Å². The number of nitrogens with zero attached hydrogens (tertiary/aromatic N) is 2. The molecule has 3 rings (SSSR count). The zero-order valence-electron chi connectivity index (χ0n) is 16.6. The van der Waals surface area contributed by atoms with E-state index in [0.717, 1.165) is 36.8 Å². The lowest BCUT2D eigenvalue weighted by atomic mass is 10.1. The van der Waals surface area contributed by atoms with Crippen molar-refractivity contribution in [2.24, 2.45) is 0 Å². The Morgan fingerprint density at radius 3 is 2.33 bits per heavy atom. The van der Waals surface area contributed by atoms with Gasteiger partial charge in [0, 0.05) is 36.8 Å². The molecule has 0 aromatic heterocycles. The summed E-state index contributed by atoms with van der Waals surface area (Å²) in [4.78, 5) is 18.3. The summed E-state index contributed by atoms with van der Waals surface area (Å²) in [6, 6.07) is 14.3. The molecule has 2 aromatic carbocycles. The van der Waals surface area contributed by atoms with Gasteiger partial charge in [-0.2, -0.15) is 0 Å². The van der Waals surface area contributed by atoms with E-state index < -0.39 is 0 Å². The van der Waals surface area contributed by atoms with Crippen LogP contribution in [0.2, 0.25) is 0 Å². The third kappa shape index (κ3) is 4.59. The maximum Gasteiger partial charge on any atom is 0.235 e. The molecule has 1 heterocycles. The lowest BCUT2D eigenvalue weighted by Gasteiger charge is -2.38. The third-order valence-corrected chi connectivity index (χ3v) is 6.33. The van der Waals surface area contributed by atoms with Gasteiger partial charge in [-0.1, -0.05) is 12.1 Å². The zero-order valence-corrected chi connectivity index (χ0v) is 17.4. The lowest BCUT2D eigenvalue weighted by Crippen LogP contribution is -2.50. The van der Waals surface area contributed by atoms with E-state index in [0.29, 0.717) is 0 Å². The lowest BCUT2D eigenvalue weighted by molar-refractivity contribution is -0.130. The molecule has 0 N–H and O–H groups in total. The van der Waals surface area contributed by atoms with Crippen molar-refractivity contribution in [3.8, 4) is 5.75 Å². The quantitative estimate of drug-likeness (QED) is 0.726. The summed E-state index contributed by atoms with van der Waals surface area (Å²) in [5.41, 5.74) is 3.94. The molecular weight excluding hydrogens is 356 g/mol. The van der Waals surface area contributed by atoms with E-state index in [4.69, 9.17) is 4.74 Å². The van der Waals surface area contributed by atoms with Crippen molar-refractivity contribution in [1.29, 1.82) is 0 Å². The van der Waals surface area contributed by atoms with Crippen LogP contribution in [0.3, 0.4) is 0 Å². The highest BCUT2D eigenvalue weighted by atomic mass is 32.2. The monoisotopic (exact) mass is 384 g/mol. The van der Waals surface area contributed by atoms with Crippen LogP contribution in [0.25, 0.3) is 0 Å². The van der Waals surface area contributed by atoms with Crippen LogP contribution >= 0.6 is 11.8 Å². The second-order valence-electron chi connectivity index (χ2n) is 6.97. The molecule has 1 amide bonds. The average Bonchev–Trinajstić information content (AvgIpc) is 2.70.